The summed E-state index contributed by atoms with van der Waals surface area (Å²) in [6.45, 7) is 14.7. The lowest BCUT2D eigenvalue weighted by Crippen LogP contribution is -2.73. The van der Waals surface area contributed by atoms with Crippen LogP contribution in [-0.2, 0) is 32.1 Å². The first-order valence-corrected chi connectivity index (χ1v) is 19.2. The van der Waals surface area contributed by atoms with Crippen LogP contribution in [-0.4, -0.2) is 46.0 Å². The number of ether oxygens (including phenoxy) is 2. The summed E-state index contributed by atoms with van der Waals surface area (Å²) >= 11 is 0. The number of carbonyl (C=O) groups excluding carboxylic acids is 2. The number of amides is 1. The number of carboxylic acids is 1. The summed E-state index contributed by atoms with van der Waals surface area (Å²) in [5.74, 6) is -1.68. The molecule has 5 fully saturated rings. The number of aryl methyl sites for hydroxylation is 1. The molecule has 7 rings (SSSR count). The highest BCUT2D eigenvalue weighted by molar-refractivity contribution is 5.75. The van der Waals surface area contributed by atoms with E-state index in [1.54, 1.807) is 0 Å². The molecule has 6 aliphatic rings. The molecule has 3 N–H and O–H groups in total. The van der Waals surface area contributed by atoms with Gasteiger partial charge in [-0.15, -0.1) is 0 Å². The number of aliphatic hydroxyl groups excluding tert-OH is 1. The zero-order chi connectivity index (χ0) is 36.9. The van der Waals surface area contributed by atoms with Crippen LogP contribution in [0, 0.1) is 50.7 Å². The number of allylic oxidation sites excluding steroid dienone is 1. The van der Waals surface area contributed by atoms with Crippen molar-refractivity contribution in [3.63, 3.8) is 0 Å². The number of carboxylic acid groups (broad SMARTS) is 1. The molecule has 0 aromatic carbocycles. The number of rotatable bonds is 7. The van der Waals surface area contributed by atoms with Gasteiger partial charge >= 0.3 is 23.9 Å². The Hall–Kier alpha value is -3.08. The summed E-state index contributed by atoms with van der Waals surface area (Å²) in [5.41, 5.74) is -1.56. The van der Waals surface area contributed by atoms with E-state index >= 15 is 0 Å². The van der Waals surface area contributed by atoms with Crippen molar-refractivity contribution in [3.05, 3.63) is 33.8 Å². The molecule has 0 aliphatic heterocycles. The number of hydrogen-bond donors (Lipinski definition) is 3. The van der Waals surface area contributed by atoms with Gasteiger partial charge in [-0.25, -0.2) is 9.59 Å². The summed E-state index contributed by atoms with van der Waals surface area (Å²) in [6, 6.07) is 0. The van der Waals surface area contributed by atoms with Gasteiger partial charge in [-0.3, -0.25) is 9.59 Å². The molecule has 0 radical (unpaired) electrons. The van der Waals surface area contributed by atoms with Crippen LogP contribution in [0.25, 0.3) is 0 Å². The third-order valence-electron chi connectivity index (χ3n) is 15.8. The highest BCUT2D eigenvalue weighted by Gasteiger charge is 2.71. The Morgan fingerprint density at radius 1 is 0.922 bits per heavy atom. The van der Waals surface area contributed by atoms with Crippen LogP contribution >= 0.6 is 0 Å². The topological polar surface area (TPSA) is 166 Å². The normalized spacial score (nSPS) is 44.5. The van der Waals surface area contributed by atoms with Crippen molar-refractivity contribution in [1.82, 2.24) is 5.32 Å². The van der Waals surface area contributed by atoms with Crippen LogP contribution in [0.3, 0.4) is 0 Å². The number of aliphatic hydroxyl groups is 1. The minimum atomic E-state index is -1.01. The minimum Gasteiger partial charge on any atom is -0.481 e. The summed E-state index contributed by atoms with van der Waals surface area (Å²) in [4.78, 5) is 51.0. The number of aliphatic carboxylic acids is 1. The first-order valence-electron chi connectivity index (χ1n) is 19.2. The molecule has 11 nitrogen and oxygen atoms in total. The molecule has 6 aliphatic carbocycles. The SMILES string of the molecule is CCc1oc(=O)oc1COC(=O)N[C@]1(C)[C@@H](OC(=O)C2CC2)CC[C@@]2(C)[C@H]1CC[C@]1(C)[C@@H]2C(O)C=C2[C@@H]3C[C@@](C)(C(=O)O)CC[C@]3(C)CC[C@]21C. The van der Waals surface area contributed by atoms with Crippen molar-refractivity contribution in [2.24, 2.45) is 50.7 Å². The number of nitrogens with one attached hydrogen (secondary N) is 1. The zero-order valence-corrected chi connectivity index (χ0v) is 31.4. The molecule has 11 heteroatoms. The van der Waals surface area contributed by atoms with E-state index in [4.69, 9.17) is 18.3 Å². The third kappa shape index (κ3) is 5.44. The Kier molecular flexibility index (Phi) is 8.52. The molecule has 1 aromatic heterocycles. The van der Waals surface area contributed by atoms with Crippen LogP contribution in [0.2, 0.25) is 0 Å². The maximum Gasteiger partial charge on any atom is 0.519 e. The molecule has 1 amide bonds. The van der Waals surface area contributed by atoms with E-state index in [9.17, 15) is 29.4 Å². The van der Waals surface area contributed by atoms with Crippen LogP contribution < -0.4 is 11.1 Å². The second-order valence-corrected chi connectivity index (χ2v) is 18.6. The van der Waals surface area contributed by atoms with Gasteiger partial charge in [0.1, 0.15) is 6.10 Å². The fourth-order valence-corrected chi connectivity index (χ4v) is 12.3. The first kappa shape index (κ1) is 36.3. The summed E-state index contributed by atoms with van der Waals surface area (Å²) in [6.07, 6.45) is 8.90. The predicted octanol–water partition coefficient (Wildman–Crippen LogP) is 6.93. The molecule has 5 saturated carbocycles. The van der Waals surface area contributed by atoms with Gasteiger partial charge in [-0.2, -0.15) is 0 Å². The van der Waals surface area contributed by atoms with E-state index in [1.165, 1.54) is 5.57 Å². The fraction of sp³-hybridized carbons (Fsp3) is 0.800. The number of esters is 1. The van der Waals surface area contributed by atoms with Gasteiger partial charge in [0, 0.05) is 12.3 Å². The maximum atomic E-state index is 13.6. The monoisotopic (exact) mass is 711 g/mol. The van der Waals surface area contributed by atoms with E-state index in [-0.39, 0.29) is 58.3 Å². The van der Waals surface area contributed by atoms with Gasteiger partial charge in [-0.05, 0) is 118 Å². The summed E-state index contributed by atoms with van der Waals surface area (Å²) < 4.78 is 22.0. The second-order valence-electron chi connectivity index (χ2n) is 18.6. The molecule has 51 heavy (non-hydrogen) atoms. The van der Waals surface area contributed by atoms with Crippen molar-refractivity contribution in [3.8, 4) is 0 Å². The van der Waals surface area contributed by atoms with Gasteiger partial charge in [0.2, 0.25) is 0 Å². The number of hydrogen-bond acceptors (Lipinski definition) is 9. The van der Waals surface area contributed by atoms with Crippen LogP contribution in [0.4, 0.5) is 4.79 Å². The van der Waals surface area contributed by atoms with E-state index in [0.717, 1.165) is 44.9 Å². The molecule has 282 valence electrons. The van der Waals surface area contributed by atoms with E-state index in [2.05, 4.69) is 39.1 Å². The quantitative estimate of drug-likeness (QED) is 0.199. The van der Waals surface area contributed by atoms with Gasteiger partial charge in [0.25, 0.3) is 0 Å². The predicted molar refractivity (Wildman–Crippen MR) is 185 cm³/mol. The summed E-state index contributed by atoms with van der Waals surface area (Å²) in [5, 5.41) is 25.8. The largest absolute Gasteiger partial charge is 0.519 e. The standard InChI is InChI=1S/C40H57NO10/c1-8-26-27(50-34(47)49-26)21-48-33(46)41-40(7)28-11-14-39(6)30(37(28,4)13-12-29(40)51-31(43)22-9-10-22)25(42)19-23-24-20-36(3,32(44)45)16-15-35(24,2)17-18-38(23,39)5/h19,22,24-25,28-30,42H,8-18,20-21H2,1-7H3,(H,41,46)(H,44,45)/t24-,25?,28+,29-,30+,35+,36-,37-,38+,39+,40-/m0/s1. The molecular weight excluding hydrogens is 654 g/mol. The van der Waals surface area contributed by atoms with Crippen molar-refractivity contribution in [2.45, 2.75) is 150 Å². The van der Waals surface area contributed by atoms with Crippen LogP contribution in [0.1, 0.15) is 131 Å². The Morgan fingerprint density at radius 3 is 2.27 bits per heavy atom. The van der Waals surface area contributed by atoms with Crippen molar-refractivity contribution in [1.29, 1.82) is 0 Å². The molecule has 1 heterocycles. The third-order valence-corrected chi connectivity index (χ3v) is 15.8. The second kappa shape index (κ2) is 12.0. The van der Waals surface area contributed by atoms with Crippen LogP contribution in [0.15, 0.2) is 25.3 Å². The lowest BCUT2D eigenvalue weighted by molar-refractivity contribution is -0.219. The fourth-order valence-electron chi connectivity index (χ4n) is 12.3. The van der Waals surface area contributed by atoms with Crippen molar-refractivity contribution >= 4 is 18.0 Å². The molecule has 1 unspecified atom stereocenters. The molecule has 11 atom stereocenters. The van der Waals surface area contributed by atoms with Crippen LogP contribution in [0.5, 0.6) is 0 Å². The average molecular weight is 712 g/mol. The highest BCUT2D eigenvalue weighted by atomic mass is 16.6. The average Bonchev–Trinajstić information content (AvgIpc) is 3.85. The molecule has 1 aromatic rings. The van der Waals surface area contributed by atoms with E-state index in [0.29, 0.717) is 37.9 Å². The summed E-state index contributed by atoms with van der Waals surface area (Å²) in [7, 11) is 0. The van der Waals surface area contributed by atoms with E-state index in [1.807, 2.05) is 20.8 Å². The highest BCUT2D eigenvalue weighted by Crippen LogP contribution is 2.75. The lowest BCUT2D eigenvalue weighted by Gasteiger charge is -2.72. The van der Waals surface area contributed by atoms with Gasteiger partial charge in [0.05, 0.1) is 23.0 Å². The Bertz CT molecular complexity index is 1690. The van der Waals surface area contributed by atoms with Crippen molar-refractivity contribution < 1.29 is 42.9 Å². The van der Waals surface area contributed by atoms with Crippen molar-refractivity contribution in [2.75, 3.05) is 0 Å². The first-order chi connectivity index (χ1) is 23.8. The van der Waals surface area contributed by atoms with E-state index < -0.39 is 46.5 Å². The Morgan fingerprint density at radius 2 is 1.61 bits per heavy atom. The molecule has 0 bridgehead atoms. The number of carbonyl (C=O) groups is 3. The van der Waals surface area contributed by atoms with Gasteiger partial charge in [-0.1, -0.05) is 46.3 Å². The Balaban J connectivity index is 1.22. The number of alkyl carbamates (subject to hydrolysis) is 1. The zero-order valence-electron chi connectivity index (χ0n) is 31.4. The maximum absolute atomic E-state index is 13.6. The Labute approximate surface area is 300 Å². The van der Waals surface area contributed by atoms with Gasteiger partial charge < -0.3 is 33.8 Å². The molecular formula is C40H57NO10. The smallest absolute Gasteiger partial charge is 0.481 e. The molecule has 0 saturated heterocycles. The number of fused-ring (bicyclic) bond motifs is 7. The van der Waals surface area contributed by atoms with Gasteiger partial charge in [0.15, 0.2) is 18.1 Å². The molecule has 0 spiro atoms. The lowest BCUT2D eigenvalue weighted by atomic mass is 9.33. The minimum absolute atomic E-state index is 0.00639.